The molecule has 0 saturated carbocycles. The lowest BCUT2D eigenvalue weighted by molar-refractivity contribution is 0.102. The van der Waals surface area contributed by atoms with Crippen LogP contribution in [0.1, 0.15) is 125 Å². The molecule has 6 heterocycles. The number of likely N-dealkylation sites (tertiary alicyclic amines) is 3. The van der Waals surface area contributed by atoms with Crippen molar-refractivity contribution >= 4 is 93.2 Å². The third-order valence-electron chi connectivity index (χ3n) is 21.1. The number of ether oxygens (including phenoxy) is 3. The molecule has 0 radical (unpaired) electrons. The van der Waals surface area contributed by atoms with Crippen LogP contribution < -0.4 is 14.2 Å². The number of halogens is 2. The van der Waals surface area contributed by atoms with Crippen LogP contribution in [0, 0.1) is 30.5 Å². The number of hydrogen-bond acceptors (Lipinski definition) is 15. The number of aryl methyl sites for hydroxylation is 4. The molecule has 0 spiro atoms. The van der Waals surface area contributed by atoms with Gasteiger partial charge in [0.15, 0.2) is 17.2 Å². The third-order valence-corrected chi connectivity index (χ3v) is 25.1. The number of thiophene rings is 3. The lowest BCUT2D eigenvalue weighted by atomic mass is 9.96. The number of hydrogen-bond donors (Lipinski definition) is 3. The topological polar surface area (TPSA) is 149 Å². The first-order valence-corrected chi connectivity index (χ1v) is 39.4. The van der Waals surface area contributed by atoms with Crippen LogP contribution in [0.3, 0.4) is 0 Å². The molecule has 3 saturated heterocycles. The van der Waals surface area contributed by atoms with Crippen LogP contribution in [0.5, 0.6) is 51.7 Å². The van der Waals surface area contributed by atoms with Gasteiger partial charge in [0.1, 0.15) is 54.9 Å². The highest BCUT2D eigenvalue weighted by Gasteiger charge is 2.33. The van der Waals surface area contributed by atoms with Crippen LogP contribution in [-0.4, -0.2) is 106 Å². The van der Waals surface area contributed by atoms with Gasteiger partial charge in [0, 0.05) is 72.1 Å². The quantitative estimate of drug-likeness (QED) is 0.0401. The van der Waals surface area contributed by atoms with E-state index in [-0.39, 0.29) is 45.2 Å². The number of rotatable bonds is 28. The summed E-state index contributed by atoms with van der Waals surface area (Å²) in [6.45, 7) is 13.2. The molecule has 0 aliphatic carbocycles. The van der Waals surface area contributed by atoms with Gasteiger partial charge in [-0.25, -0.2) is 4.39 Å². The average Bonchev–Trinajstić information content (AvgIpc) is 1.57. The fourth-order valence-electron chi connectivity index (χ4n) is 15.5. The number of phenolic OH excluding ortho intramolecular Hbond substituents is 3. The van der Waals surface area contributed by atoms with Crippen LogP contribution in [0.25, 0.3) is 30.3 Å². The van der Waals surface area contributed by atoms with Gasteiger partial charge in [-0.05, 0) is 260 Å². The van der Waals surface area contributed by atoms with Crippen molar-refractivity contribution < 1.29 is 48.3 Å². The fourth-order valence-corrected chi connectivity index (χ4v) is 19.3. The molecule has 0 unspecified atom stereocenters. The minimum atomic E-state index is -0.619. The van der Waals surface area contributed by atoms with E-state index < -0.39 is 11.6 Å². The van der Waals surface area contributed by atoms with Gasteiger partial charge in [-0.1, -0.05) is 103 Å². The van der Waals surface area contributed by atoms with E-state index in [4.69, 9.17) is 25.8 Å². The first kappa shape index (κ1) is 71.4. The Kier molecular flexibility index (Phi) is 21.6. The van der Waals surface area contributed by atoms with Gasteiger partial charge in [-0.2, -0.15) is 0 Å². The monoisotopic (exact) mass is 1480 g/mol. The molecule has 0 bridgehead atoms. The van der Waals surface area contributed by atoms with E-state index in [0.29, 0.717) is 84.5 Å². The molecule has 9 aromatic carbocycles. The lowest BCUT2D eigenvalue weighted by Crippen LogP contribution is -2.22. The smallest absolute Gasteiger partial charge is 0.209 e. The molecule has 0 amide bonds. The van der Waals surface area contributed by atoms with Crippen molar-refractivity contribution in [1.29, 1.82) is 0 Å². The van der Waals surface area contributed by atoms with Gasteiger partial charge in [0.25, 0.3) is 0 Å². The van der Waals surface area contributed by atoms with Gasteiger partial charge in [-0.3, -0.25) is 14.4 Å². The number of carbonyl (C=O) groups excluding carboxylic acids is 3. The molecular formula is C88H83ClFN3O9S3. The Bertz CT molecular complexity index is 5190. The van der Waals surface area contributed by atoms with Gasteiger partial charge in [0.2, 0.25) is 17.3 Å². The zero-order valence-corrected chi connectivity index (χ0v) is 62.1. The second-order valence-corrected chi connectivity index (χ2v) is 32.2. The first-order valence-electron chi connectivity index (χ1n) is 36.6. The van der Waals surface area contributed by atoms with Crippen molar-refractivity contribution in [1.82, 2.24) is 14.7 Å². The summed E-state index contributed by atoms with van der Waals surface area (Å²) in [5.74, 6) is 3.44. The zero-order valence-electron chi connectivity index (χ0n) is 58.9. The molecule has 12 aromatic rings. The number of ketones is 3. The minimum Gasteiger partial charge on any atom is -0.508 e. The molecule has 15 rings (SSSR count). The summed E-state index contributed by atoms with van der Waals surface area (Å²) in [4.78, 5) is 51.6. The average molecular weight is 1480 g/mol. The van der Waals surface area contributed by atoms with Crippen molar-refractivity contribution in [3.05, 3.63) is 264 Å². The van der Waals surface area contributed by atoms with E-state index in [0.717, 1.165) is 156 Å². The first-order chi connectivity index (χ1) is 51.1. The summed E-state index contributed by atoms with van der Waals surface area (Å²) >= 11 is 10.4. The fraction of sp³-hybridized carbons (Fsp3) is 0.284. The molecule has 12 nitrogen and oxygen atoms in total. The maximum atomic E-state index is 15.5. The largest absolute Gasteiger partial charge is 0.508 e. The van der Waals surface area contributed by atoms with Gasteiger partial charge < -0.3 is 44.2 Å². The van der Waals surface area contributed by atoms with Crippen LogP contribution in [0.15, 0.2) is 188 Å². The lowest BCUT2D eigenvalue weighted by Gasteiger charge is -2.17. The summed E-state index contributed by atoms with van der Waals surface area (Å²) < 4.78 is 37.8. The van der Waals surface area contributed by atoms with Crippen molar-refractivity contribution in [2.45, 2.75) is 84.5 Å². The molecule has 3 aromatic heterocycles. The molecule has 17 heteroatoms. The molecular weight excluding hydrogens is 1390 g/mol. The zero-order chi connectivity index (χ0) is 72.2. The highest BCUT2D eigenvalue weighted by molar-refractivity contribution is 7.22. The maximum Gasteiger partial charge on any atom is 0.209 e. The molecule has 3 fully saturated rings. The minimum absolute atomic E-state index is 0.0507. The van der Waals surface area contributed by atoms with Gasteiger partial charge >= 0.3 is 0 Å². The van der Waals surface area contributed by atoms with E-state index in [1.54, 1.807) is 72.8 Å². The van der Waals surface area contributed by atoms with E-state index in [1.165, 1.54) is 71.2 Å². The molecule has 3 atom stereocenters. The Labute approximate surface area is 628 Å². The van der Waals surface area contributed by atoms with Crippen molar-refractivity contribution in [2.24, 2.45) is 17.8 Å². The van der Waals surface area contributed by atoms with Crippen molar-refractivity contribution in [3.63, 3.8) is 0 Å². The molecule has 3 N–H and O–H groups in total. The number of phenols is 3. The van der Waals surface area contributed by atoms with Crippen LogP contribution in [-0.2, 0) is 32.1 Å². The SMILES string of the molecule is Cc1ccccc1C(=O)c1sc2c(C[C@H]3CCN(CCCc4ccc(Oc5c(C(=O)c6ccccc6F)sc6c(C[C@H]7CCN(CCCc8ccc(Oc9c(C(=O)c%10ccccc%10Cl)sc%10cc(O)ccc9%10)cc8)C7)c(O)ccc56)cc4)C3)c(O)ccc2c1Oc1ccc(CCCN2CC[C@H](C)C2)cc1. The number of aromatic hydroxyl groups is 3. The number of carbonyl (C=O) groups is 3. The standard InChI is InChI=1S/C88H83ClFN3O9S3/c1-54-39-45-91(51-54)42-9-13-56-23-30-63(31-24-56)101-82-69-35-37-75(95)71(84(69)104-87(82)78(97)65-16-4-3-12-55(65)2)48-59-40-46-92(52-59)44-11-15-58-25-32-64(33-26-58)102-83-70-36-38-76(96)72(85(70)105-88(83)80(99)67-18-6-8-20-74(67)90)49-60-41-47-93(53-60)43-10-14-57-21-28-62(29-22-57)100-81-68-34-27-61(94)50-77(68)103-86(81)79(98)66-17-5-7-19-73(66)89/h3-8,12,16-38,50,54,59-60,94-96H,9-11,13-15,39-49,51-53H2,1-2H3/t54-,59+,60+/m0/s1. The van der Waals surface area contributed by atoms with Crippen molar-refractivity contribution in [3.8, 4) is 51.7 Å². The highest BCUT2D eigenvalue weighted by Crippen LogP contribution is 2.49. The van der Waals surface area contributed by atoms with Gasteiger partial charge in [0.05, 0.1) is 10.6 Å². The number of benzene rings is 9. The Morgan fingerprint density at radius 2 is 0.895 bits per heavy atom. The number of fused-ring (bicyclic) bond motifs is 3. The van der Waals surface area contributed by atoms with E-state index in [1.807, 2.05) is 85.8 Å². The Balaban J connectivity index is 0.568. The van der Waals surface area contributed by atoms with Crippen LogP contribution >= 0.6 is 45.6 Å². The predicted molar refractivity (Wildman–Crippen MR) is 421 cm³/mol. The van der Waals surface area contributed by atoms with E-state index in [2.05, 4.69) is 45.9 Å². The highest BCUT2D eigenvalue weighted by atomic mass is 35.5. The van der Waals surface area contributed by atoms with Crippen LogP contribution in [0.2, 0.25) is 5.02 Å². The molecule has 536 valence electrons. The Morgan fingerprint density at radius 3 is 1.38 bits per heavy atom. The summed E-state index contributed by atoms with van der Waals surface area (Å²) in [6.07, 6.45) is 10.1. The normalized spacial score (nSPS) is 16.5. The summed E-state index contributed by atoms with van der Waals surface area (Å²) in [5.41, 5.74) is 7.01. The molecule has 105 heavy (non-hydrogen) atoms. The van der Waals surface area contributed by atoms with E-state index >= 15 is 4.39 Å². The van der Waals surface area contributed by atoms with E-state index in [9.17, 15) is 29.7 Å². The third kappa shape index (κ3) is 16.0. The van der Waals surface area contributed by atoms with Crippen molar-refractivity contribution in [2.75, 3.05) is 58.9 Å². The second kappa shape index (κ2) is 31.8. The Morgan fingerprint density at radius 1 is 0.476 bits per heavy atom. The second-order valence-electron chi connectivity index (χ2n) is 28.7. The Hall–Kier alpha value is -9.23. The summed E-state index contributed by atoms with van der Waals surface area (Å²) in [7, 11) is 0. The molecule has 3 aliphatic rings. The number of nitrogens with zero attached hydrogens (tertiary/aromatic N) is 3. The maximum absolute atomic E-state index is 15.5. The summed E-state index contributed by atoms with van der Waals surface area (Å²) in [5, 5.41) is 36.1. The van der Waals surface area contributed by atoms with Crippen LogP contribution in [0.4, 0.5) is 4.39 Å². The molecule has 3 aliphatic heterocycles. The summed E-state index contributed by atoms with van der Waals surface area (Å²) in [6, 6.07) is 56.9. The predicted octanol–water partition coefficient (Wildman–Crippen LogP) is 20.9. The van der Waals surface area contributed by atoms with Gasteiger partial charge in [-0.15, -0.1) is 34.0 Å².